The van der Waals surface area contributed by atoms with Crippen molar-refractivity contribution < 1.29 is 23.0 Å². The molecule has 0 atom stereocenters. The van der Waals surface area contributed by atoms with E-state index in [9.17, 15) is 13.6 Å². The Balaban J connectivity index is 2.55. The second-order valence-corrected chi connectivity index (χ2v) is 4.50. The zero-order valence-corrected chi connectivity index (χ0v) is 11.9. The van der Waals surface area contributed by atoms with E-state index in [1.165, 1.54) is 38.5 Å². The number of halogens is 2. The number of ether oxygens (including phenoxy) is 2. The van der Waals surface area contributed by atoms with Crippen LogP contribution in [0.4, 0.5) is 8.78 Å². The van der Waals surface area contributed by atoms with Crippen molar-refractivity contribution in [3.8, 4) is 11.5 Å². The normalized spacial score (nSPS) is 10.3. The summed E-state index contributed by atoms with van der Waals surface area (Å²) in [6.45, 7) is 1.72. The van der Waals surface area contributed by atoms with Gasteiger partial charge in [0, 0.05) is 6.07 Å². The third-order valence-corrected chi connectivity index (χ3v) is 3.08. The van der Waals surface area contributed by atoms with Crippen molar-refractivity contribution in [3.05, 3.63) is 58.7 Å². The van der Waals surface area contributed by atoms with Crippen LogP contribution < -0.4 is 9.47 Å². The molecule has 0 saturated heterocycles. The fraction of sp³-hybridized carbons (Fsp3) is 0.188. The number of benzene rings is 2. The van der Waals surface area contributed by atoms with Crippen LogP contribution in [-0.2, 0) is 0 Å². The molecule has 3 nitrogen and oxygen atoms in total. The second-order valence-electron chi connectivity index (χ2n) is 4.50. The summed E-state index contributed by atoms with van der Waals surface area (Å²) in [6.07, 6.45) is 0. The first-order valence-corrected chi connectivity index (χ1v) is 6.20. The van der Waals surface area contributed by atoms with Crippen LogP contribution in [0.5, 0.6) is 11.5 Å². The molecule has 0 unspecified atom stereocenters. The van der Waals surface area contributed by atoms with Crippen molar-refractivity contribution in [1.82, 2.24) is 0 Å². The van der Waals surface area contributed by atoms with E-state index in [0.29, 0.717) is 5.56 Å². The lowest BCUT2D eigenvalue weighted by Gasteiger charge is -2.11. The summed E-state index contributed by atoms with van der Waals surface area (Å²) in [5, 5.41) is 0. The molecule has 2 rings (SSSR count). The summed E-state index contributed by atoms with van der Waals surface area (Å²) in [4.78, 5) is 12.3. The zero-order valence-electron chi connectivity index (χ0n) is 11.9. The smallest absolute Gasteiger partial charge is 0.199 e. The Bertz CT molecular complexity index is 696. The average Bonchev–Trinajstić information content (AvgIpc) is 2.48. The molecule has 0 aliphatic rings. The fourth-order valence-corrected chi connectivity index (χ4v) is 1.99. The molecule has 0 aliphatic heterocycles. The zero-order chi connectivity index (χ0) is 15.6. The van der Waals surface area contributed by atoms with Crippen molar-refractivity contribution in [2.75, 3.05) is 14.2 Å². The summed E-state index contributed by atoms with van der Waals surface area (Å²) >= 11 is 0. The number of rotatable bonds is 4. The predicted molar refractivity (Wildman–Crippen MR) is 74.1 cm³/mol. The van der Waals surface area contributed by atoms with Crippen LogP contribution in [0.1, 0.15) is 21.5 Å². The third kappa shape index (κ3) is 2.86. The predicted octanol–water partition coefficient (Wildman–Crippen LogP) is 3.52. The summed E-state index contributed by atoms with van der Waals surface area (Å²) in [5.74, 6) is -1.86. The minimum atomic E-state index is -0.793. The number of hydrogen-bond donors (Lipinski definition) is 0. The molecule has 2 aromatic rings. The first-order valence-electron chi connectivity index (χ1n) is 6.20. The molecule has 0 amide bonds. The van der Waals surface area contributed by atoms with Crippen molar-refractivity contribution in [1.29, 1.82) is 0 Å². The van der Waals surface area contributed by atoms with Crippen LogP contribution in [0.25, 0.3) is 0 Å². The maximum absolute atomic E-state index is 14.0. The van der Waals surface area contributed by atoms with Gasteiger partial charge in [0.15, 0.2) is 17.3 Å². The Morgan fingerprint density at radius 3 is 2.10 bits per heavy atom. The van der Waals surface area contributed by atoms with E-state index in [4.69, 9.17) is 9.47 Å². The van der Waals surface area contributed by atoms with Gasteiger partial charge >= 0.3 is 0 Å². The number of ketones is 1. The molecule has 0 bridgehead atoms. The molecule has 0 radical (unpaired) electrons. The molecule has 110 valence electrons. The number of aryl methyl sites for hydroxylation is 1. The Kier molecular flexibility index (Phi) is 4.21. The monoisotopic (exact) mass is 292 g/mol. The van der Waals surface area contributed by atoms with Crippen LogP contribution in [0, 0.1) is 18.6 Å². The van der Waals surface area contributed by atoms with Crippen molar-refractivity contribution in [2.45, 2.75) is 6.92 Å². The van der Waals surface area contributed by atoms with E-state index in [2.05, 4.69) is 0 Å². The van der Waals surface area contributed by atoms with Crippen molar-refractivity contribution in [3.63, 3.8) is 0 Å². The summed E-state index contributed by atoms with van der Waals surface area (Å²) in [5.41, 5.74) is 0.263. The Morgan fingerprint density at radius 2 is 1.48 bits per heavy atom. The van der Waals surface area contributed by atoms with Crippen LogP contribution in [0.15, 0.2) is 30.3 Å². The van der Waals surface area contributed by atoms with E-state index in [1.807, 2.05) is 0 Å². The van der Waals surface area contributed by atoms with E-state index in [1.54, 1.807) is 6.92 Å². The van der Waals surface area contributed by atoms with Gasteiger partial charge in [-0.1, -0.05) is 11.6 Å². The SMILES string of the molecule is COc1cc(F)c(C(=O)c2cc(C)ccc2F)cc1OC. The molecule has 0 N–H and O–H groups in total. The van der Waals surface area contributed by atoms with Gasteiger partial charge in [-0.25, -0.2) is 8.78 Å². The second kappa shape index (κ2) is 5.91. The molecule has 0 heterocycles. The molecule has 5 heteroatoms. The highest BCUT2D eigenvalue weighted by molar-refractivity contribution is 6.09. The molecular formula is C16H14F2O3. The molecule has 21 heavy (non-hydrogen) atoms. The van der Waals surface area contributed by atoms with Gasteiger partial charge < -0.3 is 9.47 Å². The molecular weight excluding hydrogens is 278 g/mol. The highest BCUT2D eigenvalue weighted by Crippen LogP contribution is 2.31. The summed E-state index contributed by atoms with van der Waals surface area (Å²) in [7, 11) is 2.73. The van der Waals surface area contributed by atoms with E-state index < -0.39 is 17.4 Å². The fourth-order valence-electron chi connectivity index (χ4n) is 1.99. The van der Waals surface area contributed by atoms with Crippen LogP contribution in [-0.4, -0.2) is 20.0 Å². The van der Waals surface area contributed by atoms with Crippen molar-refractivity contribution in [2.24, 2.45) is 0 Å². The Labute approximate surface area is 121 Å². The maximum Gasteiger partial charge on any atom is 0.199 e. The average molecular weight is 292 g/mol. The number of hydrogen-bond acceptors (Lipinski definition) is 3. The van der Waals surface area contributed by atoms with Gasteiger partial charge in [-0.2, -0.15) is 0 Å². The van der Waals surface area contributed by atoms with Gasteiger partial charge in [-0.05, 0) is 25.1 Å². The molecule has 0 spiro atoms. The number of carbonyl (C=O) groups is 1. The number of methoxy groups -OCH3 is 2. The molecule has 2 aromatic carbocycles. The van der Waals surface area contributed by atoms with Gasteiger partial charge in [0.25, 0.3) is 0 Å². The van der Waals surface area contributed by atoms with Gasteiger partial charge in [0.05, 0.1) is 25.3 Å². The van der Waals surface area contributed by atoms with Crippen molar-refractivity contribution >= 4 is 5.78 Å². The third-order valence-electron chi connectivity index (χ3n) is 3.08. The van der Waals surface area contributed by atoms with Crippen LogP contribution in [0.2, 0.25) is 0 Å². The number of carbonyl (C=O) groups excluding carboxylic acids is 1. The standard InChI is InChI=1S/C16H14F2O3/c1-9-4-5-12(17)10(6-9)16(19)11-7-14(20-2)15(21-3)8-13(11)18/h4-8H,1-3H3. The Hall–Kier alpha value is -2.43. The maximum atomic E-state index is 14.0. The van der Waals surface area contributed by atoms with Gasteiger partial charge in [-0.3, -0.25) is 4.79 Å². The van der Waals surface area contributed by atoms with Gasteiger partial charge in [0.1, 0.15) is 11.6 Å². The largest absolute Gasteiger partial charge is 0.493 e. The Morgan fingerprint density at radius 1 is 0.905 bits per heavy atom. The van der Waals surface area contributed by atoms with E-state index >= 15 is 0 Å². The summed E-state index contributed by atoms with van der Waals surface area (Å²) in [6, 6.07) is 6.35. The first kappa shape index (κ1) is 15.0. The first-order chi connectivity index (χ1) is 9.97. The molecule has 0 fully saturated rings. The minimum absolute atomic E-state index is 0.163. The lowest BCUT2D eigenvalue weighted by atomic mass is 10.00. The van der Waals surface area contributed by atoms with Gasteiger partial charge in [-0.15, -0.1) is 0 Å². The lowest BCUT2D eigenvalue weighted by Crippen LogP contribution is -2.08. The highest BCUT2D eigenvalue weighted by Gasteiger charge is 2.21. The topological polar surface area (TPSA) is 35.5 Å². The van der Waals surface area contributed by atoms with E-state index in [0.717, 1.165) is 6.07 Å². The summed E-state index contributed by atoms with van der Waals surface area (Å²) < 4.78 is 37.8. The molecule has 0 aromatic heterocycles. The van der Waals surface area contributed by atoms with Crippen LogP contribution >= 0.6 is 0 Å². The lowest BCUT2D eigenvalue weighted by molar-refractivity contribution is 0.103. The molecule has 0 saturated carbocycles. The minimum Gasteiger partial charge on any atom is -0.493 e. The van der Waals surface area contributed by atoms with Gasteiger partial charge in [0.2, 0.25) is 0 Å². The quantitative estimate of drug-likeness (QED) is 0.809. The molecule has 0 aliphatic carbocycles. The van der Waals surface area contributed by atoms with E-state index in [-0.39, 0.29) is 22.6 Å². The highest BCUT2D eigenvalue weighted by atomic mass is 19.1. The van der Waals surface area contributed by atoms with Crippen LogP contribution in [0.3, 0.4) is 0 Å².